The van der Waals surface area contributed by atoms with Crippen molar-refractivity contribution in [3.63, 3.8) is 0 Å². The van der Waals surface area contributed by atoms with Crippen LogP contribution in [0.5, 0.6) is 0 Å². The Morgan fingerprint density at radius 2 is 2.00 bits per heavy atom. The molecule has 0 aliphatic rings. The average molecular weight is 392 g/mol. The summed E-state index contributed by atoms with van der Waals surface area (Å²) in [4.78, 5) is 42.8. The van der Waals surface area contributed by atoms with Crippen molar-refractivity contribution in [1.29, 1.82) is 0 Å². The van der Waals surface area contributed by atoms with Gasteiger partial charge in [0.2, 0.25) is 5.91 Å². The lowest BCUT2D eigenvalue weighted by molar-refractivity contribution is -0.139. The Morgan fingerprint density at radius 3 is 2.52 bits per heavy atom. The lowest BCUT2D eigenvalue weighted by Gasteiger charge is -2.21. The Balaban J connectivity index is 2.08. The molecule has 2 aromatic rings. The number of aromatic nitrogens is 2. The Kier molecular flexibility index (Phi) is 6.11. The van der Waals surface area contributed by atoms with Crippen LogP contribution in [-0.4, -0.2) is 44.7 Å². The quantitative estimate of drug-likeness (QED) is 0.680. The van der Waals surface area contributed by atoms with Crippen molar-refractivity contribution in [2.24, 2.45) is 5.73 Å². The van der Waals surface area contributed by atoms with Crippen LogP contribution < -0.4 is 11.1 Å². The summed E-state index contributed by atoms with van der Waals surface area (Å²) in [6.45, 7) is 5.06. The van der Waals surface area contributed by atoms with E-state index in [4.69, 9.17) is 10.5 Å². The number of aliphatic carboxylic acids is 1. The van der Waals surface area contributed by atoms with Gasteiger partial charge >= 0.3 is 12.1 Å². The van der Waals surface area contributed by atoms with Crippen molar-refractivity contribution in [3.8, 4) is 11.4 Å². The van der Waals surface area contributed by atoms with Gasteiger partial charge in [0.1, 0.15) is 11.6 Å². The van der Waals surface area contributed by atoms with E-state index in [1.54, 1.807) is 32.2 Å². The molecule has 0 radical (unpaired) electrons. The largest absolute Gasteiger partial charge is 0.480 e. The van der Waals surface area contributed by atoms with Crippen LogP contribution in [0.1, 0.15) is 36.1 Å². The van der Waals surface area contributed by atoms with Crippen molar-refractivity contribution in [2.45, 2.75) is 38.8 Å². The minimum atomic E-state index is -1.19. The number of nitrogens with zero attached hydrogens (tertiary/aromatic N) is 2. The number of carbonyl (C=O) groups excluding carboxylic acids is 2. The van der Waals surface area contributed by atoms with Crippen LogP contribution in [0, 0.1) is 0 Å². The molecule has 2 rings (SSSR count). The molecule has 0 aliphatic carbocycles. The lowest BCUT2D eigenvalue weighted by Crippen LogP contribution is -2.44. The third-order valence-electron chi connectivity index (χ3n) is 3.23. The number of carboxylic acid groups (broad SMARTS) is 1. The Hall–Kier alpha value is -3.01. The van der Waals surface area contributed by atoms with Gasteiger partial charge in [0.05, 0.1) is 22.0 Å². The van der Waals surface area contributed by atoms with Crippen LogP contribution in [0.3, 0.4) is 0 Å². The monoisotopic (exact) mass is 392 g/mol. The van der Waals surface area contributed by atoms with E-state index in [-0.39, 0.29) is 12.0 Å². The number of alkyl carbamates (subject to hydrolysis) is 1. The molecular formula is C17H20N4O5S. The van der Waals surface area contributed by atoms with Gasteiger partial charge < -0.3 is 20.9 Å². The SMILES string of the molecule is CC(C)(C)OC(=O)N[C@@H](Cc1nc(-c2ccc(C(N)=O)cn2)cs1)C(=O)O. The van der Waals surface area contributed by atoms with Crippen LogP contribution in [0.2, 0.25) is 0 Å². The summed E-state index contributed by atoms with van der Waals surface area (Å²) in [5.41, 5.74) is 5.78. The Bertz CT molecular complexity index is 842. The van der Waals surface area contributed by atoms with Gasteiger partial charge in [-0.1, -0.05) is 0 Å². The molecule has 0 bridgehead atoms. The molecule has 0 unspecified atom stereocenters. The van der Waals surface area contributed by atoms with Crippen LogP contribution in [0.15, 0.2) is 23.7 Å². The fourth-order valence-electron chi connectivity index (χ4n) is 2.04. The number of carbonyl (C=O) groups is 3. The normalized spacial score (nSPS) is 12.3. The molecule has 27 heavy (non-hydrogen) atoms. The van der Waals surface area contributed by atoms with Crippen LogP contribution >= 0.6 is 11.3 Å². The molecular weight excluding hydrogens is 372 g/mol. The summed E-state index contributed by atoms with van der Waals surface area (Å²) in [6, 6.07) is 1.96. The molecule has 2 heterocycles. The molecule has 2 aromatic heterocycles. The first-order valence-electron chi connectivity index (χ1n) is 7.98. The second-order valence-electron chi connectivity index (χ2n) is 6.66. The summed E-state index contributed by atoms with van der Waals surface area (Å²) in [7, 11) is 0. The summed E-state index contributed by atoms with van der Waals surface area (Å²) in [6.07, 6.45) is 0.537. The van der Waals surface area contributed by atoms with Crippen molar-refractivity contribution in [3.05, 3.63) is 34.3 Å². The molecule has 0 aliphatic heterocycles. The van der Waals surface area contributed by atoms with Gasteiger partial charge in [-0.2, -0.15) is 0 Å². The fourth-order valence-corrected chi connectivity index (χ4v) is 2.87. The molecule has 1 atom stereocenters. The number of nitrogens with two attached hydrogens (primary N) is 1. The van der Waals surface area contributed by atoms with Gasteiger partial charge in [0, 0.05) is 18.0 Å². The van der Waals surface area contributed by atoms with Gasteiger partial charge in [-0.25, -0.2) is 14.6 Å². The number of amides is 2. The van der Waals surface area contributed by atoms with Gasteiger partial charge in [-0.3, -0.25) is 9.78 Å². The van der Waals surface area contributed by atoms with E-state index in [1.165, 1.54) is 23.6 Å². The molecule has 0 fully saturated rings. The van der Waals surface area contributed by atoms with E-state index in [9.17, 15) is 19.5 Å². The number of nitrogens with one attached hydrogen (secondary N) is 1. The summed E-state index contributed by atoms with van der Waals surface area (Å²) in [5, 5.41) is 13.9. The van der Waals surface area contributed by atoms with Gasteiger partial charge in [-0.05, 0) is 32.9 Å². The Labute approximate surface area is 159 Å². The van der Waals surface area contributed by atoms with Crippen LogP contribution in [0.25, 0.3) is 11.4 Å². The first kappa shape index (κ1) is 20.3. The van der Waals surface area contributed by atoms with E-state index in [0.29, 0.717) is 16.4 Å². The van der Waals surface area contributed by atoms with Crippen molar-refractivity contribution in [2.75, 3.05) is 0 Å². The molecule has 0 aromatic carbocycles. The number of ether oxygens (including phenoxy) is 1. The zero-order valence-electron chi connectivity index (χ0n) is 15.1. The predicted molar refractivity (Wildman–Crippen MR) is 98.4 cm³/mol. The highest BCUT2D eigenvalue weighted by atomic mass is 32.1. The lowest BCUT2D eigenvalue weighted by atomic mass is 10.2. The third kappa shape index (κ3) is 6.03. The molecule has 144 valence electrons. The third-order valence-corrected chi connectivity index (χ3v) is 4.10. The topological polar surface area (TPSA) is 144 Å². The van der Waals surface area contributed by atoms with E-state index >= 15 is 0 Å². The summed E-state index contributed by atoms with van der Waals surface area (Å²) < 4.78 is 5.08. The highest BCUT2D eigenvalue weighted by molar-refractivity contribution is 7.10. The van der Waals surface area contributed by atoms with Gasteiger partial charge in [0.15, 0.2) is 0 Å². The Morgan fingerprint density at radius 1 is 1.30 bits per heavy atom. The fraction of sp³-hybridized carbons (Fsp3) is 0.353. The summed E-state index contributed by atoms with van der Waals surface area (Å²) in [5.74, 6) is -1.77. The molecule has 10 heteroatoms. The number of primary amides is 1. The molecule has 2 amide bonds. The van der Waals surface area contributed by atoms with Crippen LogP contribution in [0.4, 0.5) is 4.79 Å². The van der Waals surface area contributed by atoms with Crippen LogP contribution in [-0.2, 0) is 16.0 Å². The molecule has 9 nitrogen and oxygen atoms in total. The second kappa shape index (κ2) is 8.12. The number of hydrogen-bond acceptors (Lipinski definition) is 7. The molecule has 0 spiro atoms. The minimum Gasteiger partial charge on any atom is -0.480 e. The smallest absolute Gasteiger partial charge is 0.408 e. The average Bonchev–Trinajstić information content (AvgIpc) is 3.01. The van der Waals surface area contributed by atoms with Crippen molar-refractivity contribution >= 4 is 29.3 Å². The standard InChI is InChI=1S/C17H20N4O5S/c1-17(2,3)26-16(25)21-11(15(23)24)6-13-20-12(8-27-13)10-5-4-9(7-19-10)14(18)22/h4-5,7-8,11H,6H2,1-3H3,(H2,18,22)(H,21,25)(H,23,24)/t11-/m0/s1. The van der Waals surface area contributed by atoms with Gasteiger partial charge in [0.25, 0.3) is 0 Å². The second-order valence-corrected chi connectivity index (χ2v) is 7.61. The van der Waals surface area contributed by atoms with Crippen molar-refractivity contribution in [1.82, 2.24) is 15.3 Å². The van der Waals surface area contributed by atoms with E-state index in [0.717, 1.165) is 0 Å². The minimum absolute atomic E-state index is 0.00138. The molecule has 4 N–H and O–H groups in total. The highest BCUT2D eigenvalue weighted by Crippen LogP contribution is 2.21. The first-order chi connectivity index (χ1) is 12.5. The van der Waals surface area contributed by atoms with E-state index in [1.807, 2.05) is 0 Å². The first-order valence-corrected chi connectivity index (χ1v) is 8.86. The number of hydrogen-bond donors (Lipinski definition) is 3. The zero-order chi connectivity index (χ0) is 20.2. The van der Waals surface area contributed by atoms with Crippen molar-refractivity contribution < 1.29 is 24.2 Å². The maximum Gasteiger partial charge on any atom is 0.408 e. The van der Waals surface area contributed by atoms with E-state index < -0.39 is 29.6 Å². The predicted octanol–water partition coefficient (Wildman–Crippen LogP) is 1.82. The maximum atomic E-state index is 11.8. The van der Waals surface area contributed by atoms with Gasteiger partial charge in [-0.15, -0.1) is 11.3 Å². The van der Waals surface area contributed by atoms with E-state index in [2.05, 4.69) is 15.3 Å². The molecule has 0 saturated heterocycles. The number of carboxylic acids is 1. The number of thiazole rings is 1. The number of pyridine rings is 1. The maximum absolute atomic E-state index is 11.8. The molecule has 0 saturated carbocycles. The summed E-state index contributed by atoms with van der Waals surface area (Å²) >= 11 is 1.24. The highest BCUT2D eigenvalue weighted by Gasteiger charge is 2.25. The zero-order valence-corrected chi connectivity index (χ0v) is 15.9. The number of rotatable bonds is 6.